The van der Waals surface area contributed by atoms with Crippen LogP contribution in [0, 0.1) is 0 Å². The first-order valence-corrected chi connectivity index (χ1v) is 10.3. The molecule has 1 aliphatic carbocycles. The van der Waals surface area contributed by atoms with Gasteiger partial charge in [0.15, 0.2) is 0 Å². The van der Waals surface area contributed by atoms with Crippen molar-refractivity contribution in [2.24, 2.45) is 0 Å². The maximum atomic E-state index is 12.6. The van der Waals surface area contributed by atoms with Gasteiger partial charge in [-0.1, -0.05) is 17.7 Å². The molecule has 0 fully saturated rings. The molecule has 126 valence electrons. The van der Waals surface area contributed by atoms with Crippen LogP contribution in [0.5, 0.6) is 0 Å². The molecule has 2 aliphatic rings. The lowest BCUT2D eigenvalue weighted by molar-refractivity contribution is 0.0941. The Morgan fingerprint density at radius 1 is 1.33 bits per heavy atom. The number of nitrogens with one attached hydrogen (secondary N) is 2. The number of hydrogen-bond acceptors (Lipinski definition) is 4. The molecule has 0 saturated carbocycles. The lowest BCUT2D eigenvalue weighted by atomic mass is 10.1. The zero-order valence-corrected chi connectivity index (χ0v) is 15.2. The predicted octanol–water partition coefficient (Wildman–Crippen LogP) is 3.17. The number of hydrogen-bond donors (Lipinski definition) is 2. The van der Waals surface area contributed by atoms with E-state index in [2.05, 4.69) is 10.0 Å². The van der Waals surface area contributed by atoms with Crippen LogP contribution in [0.3, 0.4) is 0 Å². The molecule has 1 amide bonds. The molecule has 2 aromatic rings. The first kappa shape index (κ1) is 16.1. The lowest BCUT2D eigenvalue weighted by Gasteiger charge is -2.13. The van der Waals surface area contributed by atoms with Gasteiger partial charge in [0.1, 0.15) is 4.21 Å². The lowest BCUT2D eigenvalue weighted by Crippen LogP contribution is -2.26. The minimum atomic E-state index is -3.47. The Bertz CT molecular complexity index is 952. The fraction of sp³-hybridized carbons (Fsp3) is 0.312. The van der Waals surface area contributed by atoms with Gasteiger partial charge in [0.25, 0.3) is 15.9 Å². The molecule has 1 aliphatic heterocycles. The maximum absolute atomic E-state index is 12.6. The van der Waals surface area contributed by atoms with E-state index in [9.17, 15) is 13.2 Å². The van der Waals surface area contributed by atoms with E-state index in [4.69, 9.17) is 11.6 Å². The van der Waals surface area contributed by atoms with Gasteiger partial charge in [0.05, 0.1) is 10.9 Å². The minimum absolute atomic E-state index is 0.0612. The fourth-order valence-electron chi connectivity index (χ4n) is 3.33. The van der Waals surface area contributed by atoms with E-state index in [-0.39, 0.29) is 22.2 Å². The summed E-state index contributed by atoms with van der Waals surface area (Å²) in [5, 5.41) is 3.71. The Hall–Kier alpha value is -1.41. The number of rotatable bonds is 2. The van der Waals surface area contributed by atoms with Crippen LogP contribution in [-0.4, -0.2) is 14.3 Å². The molecule has 0 spiro atoms. The Balaban J connectivity index is 1.58. The number of halogens is 1. The Morgan fingerprint density at radius 3 is 2.88 bits per heavy atom. The van der Waals surface area contributed by atoms with Crippen molar-refractivity contribution in [3.8, 4) is 0 Å². The second-order valence-electron chi connectivity index (χ2n) is 6.10. The summed E-state index contributed by atoms with van der Waals surface area (Å²) in [6.45, 7) is 1.77. The molecule has 2 N–H and O–H groups in total. The third-order valence-corrected chi connectivity index (χ3v) is 7.95. The van der Waals surface area contributed by atoms with E-state index >= 15 is 0 Å². The Morgan fingerprint density at radius 2 is 2.12 bits per heavy atom. The molecule has 2 atom stereocenters. The van der Waals surface area contributed by atoms with Gasteiger partial charge in [-0.3, -0.25) is 4.79 Å². The largest absolute Gasteiger partial charge is 0.345 e. The predicted molar refractivity (Wildman–Crippen MR) is 93.0 cm³/mol. The summed E-state index contributed by atoms with van der Waals surface area (Å²) in [6, 6.07) is 7.02. The van der Waals surface area contributed by atoms with Crippen molar-refractivity contribution >= 4 is 38.9 Å². The van der Waals surface area contributed by atoms with Gasteiger partial charge in [-0.2, -0.15) is 0 Å². The zero-order chi connectivity index (χ0) is 17.1. The van der Waals surface area contributed by atoms with Crippen molar-refractivity contribution in [3.05, 3.63) is 50.9 Å². The Labute approximate surface area is 149 Å². The molecule has 4 rings (SSSR count). The fourth-order valence-corrected chi connectivity index (χ4v) is 6.51. The second-order valence-corrected chi connectivity index (χ2v) is 9.50. The van der Waals surface area contributed by atoms with Crippen LogP contribution in [0.25, 0.3) is 0 Å². The van der Waals surface area contributed by atoms with Crippen molar-refractivity contribution in [1.29, 1.82) is 0 Å². The van der Waals surface area contributed by atoms with Crippen molar-refractivity contribution in [1.82, 2.24) is 10.0 Å². The third kappa shape index (κ3) is 2.56. The third-order valence-electron chi connectivity index (χ3n) is 4.48. The molecule has 8 heteroatoms. The SMILES string of the molecule is C[C@H]1NS(=O)(=O)c2sc(C(=O)N[C@@H]3CCc4cc(Cl)ccc43)cc21. The molecule has 1 aromatic heterocycles. The van der Waals surface area contributed by atoms with Gasteiger partial charge in [-0.05, 0) is 49.1 Å². The van der Waals surface area contributed by atoms with Crippen LogP contribution in [0.4, 0.5) is 0 Å². The van der Waals surface area contributed by atoms with Gasteiger partial charge in [-0.15, -0.1) is 11.3 Å². The number of aryl methyl sites for hydroxylation is 1. The highest BCUT2D eigenvalue weighted by atomic mass is 35.5. The van der Waals surface area contributed by atoms with Gasteiger partial charge in [0, 0.05) is 16.6 Å². The van der Waals surface area contributed by atoms with E-state index in [1.54, 1.807) is 13.0 Å². The highest BCUT2D eigenvalue weighted by molar-refractivity contribution is 7.92. The first-order chi connectivity index (χ1) is 11.3. The summed E-state index contributed by atoms with van der Waals surface area (Å²) in [4.78, 5) is 13.0. The van der Waals surface area contributed by atoms with E-state index in [1.807, 2.05) is 18.2 Å². The number of fused-ring (bicyclic) bond motifs is 2. The molecular formula is C16H15ClN2O3S2. The second kappa shape index (κ2) is 5.56. The quantitative estimate of drug-likeness (QED) is 0.837. The summed E-state index contributed by atoms with van der Waals surface area (Å²) >= 11 is 7.03. The first-order valence-electron chi connectivity index (χ1n) is 7.60. The number of amides is 1. The number of sulfonamides is 1. The topological polar surface area (TPSA) is 75.3 Å². The average molecular weight is 383 g/mol. The summed E-state index contributed by atoms with van der Waals surface area (Å²) < 4.78 is 26.8. The van der Waals surface area contributed by atoms with E-state index in [0.717, 1.165) is 35.3 Å². The van der Waals surface area contributed by atoms with Crippen LogP contribution in [-0.2, 0) is 16.4 Å². The highest BCUT2D eigenvalue weighted by Gasteiger charge is 2.35. The molecule has 5 nitrogen and oxygen atoms in total. The molecule has 2 heterocycles. The number of carbonyl (C=O) groups excluding carboxylic acids is 1. The van der Waals surface area contributed by atoms with E-state index in [0.29, 0.717) is 15.5 Å². The van der Waals surface area contributed by atoms with Crippen molar-refractivity contribution in [3.63, 3.8) is 0 Å². The molecule has 0 unspecified atom stereocenters. The highest BCUT2D eigenvalue weighted by Crippen LogP contribution is 2.38. The molecule has 1 aromatic carbocycles. The van der Waals surface area contributed by atoms with Crippen LogP contribution < -0.4 is 10.0 Å². The van der Waals surface area contributed by atoms with Crippen LogP contribution in [0.1, 0.15) is 51.8 Å². The van der Waals surface area contributed by atoms with Gasteiger partial charge >= 0.3 is 0 Å². The van der Waals surface area contributed by atoms with Gasteiger partial charge in [-0.25, -0.2) is 13.1 Å². The average Bonchev–Trinajstić information content (AvgIpc) is 3.16. The summed E-state index contributed by atoms with van der Waals surface area (Å²) in [5.74, 6) is -0.232. The summed E-state index contributed by atoms with van der Waals surface area (Å²) in [7, 11) is -3.47. The van der Waals surface area contributed by atoms with Crippen molar-refractivity contribution < 1.29 is 13.2 Å². The maximum Gasteiger partial charge on any atom is 0.261 e. The number of thiophene rings is 1. The standard InChI is InChI=1S/C16H15ClN2O3S2/c1-8-12-7-14(23-16(12)24(21,22)19-8)15(20)18-13-5-2-9-6-10(17)3-4-11(9)13/h3-4,6-8,13,19H,2,5H2,1H3,(H,18,20)/t8-,13-/m1/s1. The van der Waals surface area contributed by atoms with E-state index in [1.165, 1.54) is 0 Å². The normalized spacial score (nSPS) is 23.8. The smallest absolute Gasteiger partial charge is 0.261 e. The van der Waals surface area contributed by atoms with Crippen LogP contribution in [0.15, 0.2) is 28.5 Å². The van der Waals surface area contributed by atoms with Crippen molar-refractivity contribution in [2.45, 2.75) is 36.1 Å². The molecular weight excluding hydrogens is 368 g/mol. The number of benzene rings is 1. The van der Waals surface area contributed by atoms with Crippen LogP contribution in [0.2, 0.25) is 5.02 Å². The van der Waals surface area contributed by atoms with Crippen molar-refractivity contribution in [2.75, 3.05) is 0 Å². The number of carbonyl (C=O) groups is 1. The summed E-state index contributed by atoms with van der Waals surface area (Å²) in [5.41, 5.74) is 2.91. The van der Waals surface area contributed by atoms with Gasteiger partial charge in [0.2, 0.25) is 0 Å². The van der Waals surface area contributed by atoms with Crippen LogP contribution >= 0.6 is 22.9 Å². The molecule has 0 bridgehead atoms. The van der Waals surface area contributed by atoms with E-state index < -0.39 is 10.0 Å². The molecule has 24 heavy (non-hydrogen) atoms. The van der Waals surface area contributed by atoms with Gasteiger partial charge < -0.3 is 5.32 Å². The summed E-state index contributed by atoms with van der Waals surface area (Å²) in [6.07, 6.45) is 1.69. The Kier molecular flexibility index (Phi) is 3.72. The minimum Gasteiger partial charge on any atom is -0.345 e. The monoisotopic (exact) mass is 382 g/mol. The molecule has 0 saturated heterocycles. The molecule has 0 radical (unpaired) electrons. The zero-order valence-electron chi connectivity index (χ0n) is 12.8.